The zero-order valence-electron chi connectivity index (χ0n) is 15.1. The van der Waals surface area contributed by atoms with Gasteiger partial charge in [0, 0.05) is 23.1 Å². The second-order valence-electron chi connectivity index (χ2n) is 6.74. The summed E-state index contributed by atoms with van der Waals surface area (Å²) < 4.78 is 11.2. The van der Waals surface area contributed by atoms with Crippen molar-refractivity contribution in [1.29, 1.82) is 0 Å². The number of carbonyl (C=O) groups is 1. The van der Waals surface area contributed by atoms with Crippen molar-refractivity contribution in [2.75, 3.05) is 12.4 Å². The fraction of sp³-hybridized carbons (Fsp3) is 0.263. The lowest BCUT2D eigenvalue weighted by Gasteiger charge is -2.37. The number of nitrogens with one attached hydrogen (secondary N) is 1. The van der Waals surface area contributed by atoms with E-state index in [1.54, 1.807) is 18.7 Å². The first-order chi connectivity index (χ1) is 13.0. The highest BCUT2D eigenvalue weighted by Gasteiger charge is 2.44. The molecule has 1 aliphatic rings. The number of anilines is 1. The SMILES string of the molecule is COc1ccc2c(n1)Oc1ccccc1C2C(C)(C)C(=O)Nc1nncs1. The Morgan fingerprint density at radius 2 is 2.04 bits per heavy atom. The lowest BCUT2D eigenvalue weighted by atomic mass is 9.70. The van der Waals surface area contributed by atoms with Gasteiger partial charge in [0.1, 0.15) is 11.3 Å². The Kier molecular flexibility index (Phi) is 4.27. The minimum atomic E-state index is -0.795. The van der Waals surface area contributed by atoms with Gasteiger partial charge in [-0.2, -0.15) is 4.98 Å². The molecule has 3 heterocycles. The molecule has 3 aromatic rings. The van der Waals surface area contributed by atoms with Gasteiger partial charge in [0.05, 0.1) is 12.5 Å². The molecule has 0 saturated carbocycles. The molecular weight excluding hydrogens is 364 g/mol. The molecule has 2 aromatic heterocycles. The van der Waals surface area contributed by atoms with E-state index in [1.807, 2.05) is 44.2 Å². The third kappa shape index (κ3) is 3.02. The summed E-state index contributed by atoms with van der Waals surface area (Å²) in [6.45, 7) is 3.81. The molecule has 1 amide bonds. The first-order valence-electron chi connectivity index (χ1n) is 8.40. The molecule has 138 valence electrons. The van der Waals surface area contributed by atoms with Gasteiger partial charge in [-0.3, -0.25) is 4.79 Å². The number of ether oxygens (including phenoxy) is 2. The van der Waals surface area contributed by atoms with Crippen molar-refractivity contribution in [2.45, 2.75) is 19.8 Å². The van der Waals surface area contributed by atoms with Crippen LogP contribution in [0.5, 0.6) is 17.5 Å². The highest BCUT2D eigenvalue weighted by molar-refractivity contribution is 7.13. The number of methoxy groups -OCH3 is 1. The van der Waals surface area contributed by atoms with Gasteiger partial charge >= 0.3 is 0 Å². The quantitative estimate of drug-likeness (QED) is 0.738. The number of pyridine rings is 1. The van der Waals surface area contributed by atoms with Crippen molar-refractivity contribution in [2.24, 2.45) is 5.41 Å². The fourth-order valence-corrected chi connectivity index (χ4v) is 3.77. The Bertz CT molecular complexity index is 988. The monoisotopic (exact) mass is 382 g/mol. The third-order valence-corrected chi connectivity index (χ3v) is 5.32. The first kappa shape index (κ1) is 17.4. The fourth-order valence-electron chi connectivity index (χ4n) is 3.33. The molecule has 8 heteroatoms. The summed E-state index contributed by atoms with van der Waals surface area (Å²) in [7, 11) is 1.56. The second-order valence-corrected chi connectivity index (χ2v) is 7.57. The number of benzene rings is 1. The minimum Gasteiger partial charge on any atom is -0.481 e. The molecule has 0 saturated heterocycles. The number of para-hydroxylation sites is 1. The van der Waals surface area contributed by atoms with E-state index < -0.39 is 5.41 Å². The summed E-state index contributed by atoms with van der Waals surface area (Å²) in [5, 5.41) is 11.0. The van der Waals surface area contributed by atoms with Crippen LogP contribution in [0.3, 0.4) is 0 Å². The molecule has 0 bridgehead atoms. The zero-order chi connectivity index (χ0) is 19.0. The predicted molar refractivity (Wildman–Crippen MR) is 101 cm³/mol. The third-order valence-electron chi connectivity index (χ3n) is 4.71. The Balaban J connectivity index is 1.80. The van der Waals surface area contributed by atoms with E-state index in [9.17, 15) is 4.79 Å². The van der Waals surface area contributed by atoms with Gasteiger partial charge in [-0.25, -0.2) is 0 Å². The number of amides is 1. The van der Waals surface area contributed by atoms with Crippen LogP contribution in [0.1, 0.15) is 30.9 Å². The second kappa shape index (κ2) is 6.62. The predicted octanol–water partition coefficient (Wildman–Crippen LogP) is 3.84. The number of rotatable bonds is 4. The standard InChI is InChI=1S/C19H18N4O3S/c1-19(2,17(24)22-18-23-20-10-27-18)15-11-6-4-5-7-13(11)26-16-12(15)8-9-14(21-16)25-3/h4-10,15H,1-3H3,(H,22,23,24). The van der Waals surface area contributed by atoms with Crippen LogP contribution in [0, 0.1) is 5.41 Å². The number of fused-ring (bicyclic) bond motifs is 2. The summed E-state index contributed by atoms with van der Waals surface area (Å²) in [5.74, 6) is 1.21. The summed E-state index contributed by atoms with van der Waals surface area (Å²) >= 11 is 1.28. The van der Waals surface area contributed by atoms with Crippen molar-refractivity contribution in [3.63, 3.8) is 0 Å². The van der Waals surface area contributed by atoms with E-state index in [2.05, 4.69) is 20.5 Å². The number of hydrogen-bond acceptors (Lipinski definition) is 7. The molecule has 4 rings (SSSR count). The molecule has 1 aromatic carbocycles. The molecule has 1 unspecified atom stereocenters. The van der Waals surface area contributed by atoms with Crippen LogP contribution in [0.15, 0.2) is 41.9 Å². The molecule has 27 heavy (non-hydrogen) atoms. The Labute approximate surface area is 160 Å². The van der Waals surface area contributed by atoms with Crippen LogP contribution < -0.4 is 14.8 Å². The molecule has 0 spiro atoms. The normalized spacial score (nSPS) is 15.3. The largest absolute Gasteiger partial charge is 0.481 e. The molecule has 0 radical (unpaired) electrons. The van der Waals surface area contributed by atoms with Gasteiger partial charge in [0.2, 0.25) is 22.8 Å². The summed E-state index contributed by atoms with van der Waals surface area (Å²) in [4.78, 5) is 17.5. The van der Waals surface area contributed by atoms with Crippen LogP contribution in [0.25, 0.3) is 0 Å². The summed E-state index contributed by atoms with van der Waals surface area (Å²) in [6, 6.07) is 11.4. The van der Waals surface area contributed by atoms with Crippen molar-refractivity contribution in [3.8, 4) is 17.5 Å². The van der Waals surface area contributed by atoms with Crippen LogP contribution >= 0.6 is 11.3 Å². The van der Waals surface area contributed by atoms with Gasteiger partial charge in [-0.1, -0.05) is 43.4 Å². The lowest BCUT2D eigenvalue weighted by molar-refractivity contribution is -0.124. The summed E-state index contributed by atoms with van der Waals surface area (Å²) in [6.07, 6.45) is 0. The van der Waals surface area contributed by atoms with Gasteiger partial charge in [-0.05, 0) is 12.1 Å². The Hall–Kier alpha value is -3.00. The Morgan fingerprint density at radius 3 is 2.78 bits per heavy atom. The molecule has 1 N–H and O–H groups in total. The van der Waals surface area contributed by atoms with Crippen molar-refractivity contribution in [3.05, 3.63) is 53.0 Å². The molecule has 0 aliphatic carbocycles. The van der Waals surface area contributed by atoms with Gasteiger partial charge in [-0.15, -0.1) is 10.2 Å². The molecule has 1 atom stereocenters. The molecule has 1 aliphatic heterocycles. The maximum atomic E-state index is 13.1. The van der Waals surface area contributed by atoms with Gasteiger partial charge < -0.3 is 14.8 Å². The number of aromatic nitrogens is 3. The molecule has 0 fully saturated rings. The van der Waals surface area contributed by atoms with Crippen molar-refractivity contribution >= 4 is 22.4 Å². The maximum absolute atomic E-state index is 13.1. The number of nitrogens with zero attached hydrogens (tertiary/aromatic N) is 3. The van der Waals surface area contributed by atoms with Crippen molar-refractivity contribution < 1.29 is 14.3 Å². The maximum Gasteiger partial charge on any atom is 0.232 e. The van der Waals surface area contributed by atoms with E-state index in [1.165, 1.54) is 11.3 Å². The molecular formula is C19H18N4O3S. The topological polar surface area (TPSA) is 86.2 Å². The summed E-state index contributed by atoms with van der Waals surface area (Å²) in [5.41, 5.74) is 2.57. The lowest BCUT2D eigenvalue weighted by Crippen LogP contribution is -2.38. The van der Waals surface area contributed by atoms with E-state index in [4.69, 9.17) is 9.47 Å². The van der Waals surface area contributed by atoms with Gasteiger partial charge in [0.15, 0.2) is 0 Å². The van der Waals surface area contributed by atoms with E-state index in [0.29, 0.717) is 22.6 Å². The van der Waals surface area contributed by atoms with Crippen LogP contribution in [0.2, 0.25) is 0 Å². The minimum absolute atomic E-state index is 0.150. The van der Waals surface area contributed by atoms with Crippen LogP contribution in [-0.2, 0) is 4.79 Å². The van der Waals surface area contributed by atoms with E-state index >= 15 is 0 Å². The average molecular weight is 382 g/mol. The molecule has 7 nitrogen and oxygen atoms in total. The highest BCUT2D eigenvalue weighted by atomic mass is 32.1. The Morgan fingerprint density at radius 1 is 1.22 bits per heavy atom. The number of carbonyl (C=O) groups excluding carboxylic acids is 1. The van der Waals surface area contributed by atoms with E-state index in [-0.39, 0.29) is 11.8 Å². The smallest absolute Gasteiger partial charge is 0.232 e. The van der Waals surface area contributed by atoms with Crippen LogP contribution in [0.4, 0.5) is 5.13 Å². The zero-order valence-corrected chi connectivity index (χ0v) is 15.9. The highest BCUT2D eigenvalue weighted by Crippen LogP contribution is 2.51. The number of hydrogen-bond donors (Lipinski definition) is 1. The van der Waals surface area contributed by atoms with Crippen molar-refractivity contribution in [1.82, 2.24) is 15.2 Å². The van der Waals surface area contributed by atoms with E-state index in [0.717, 1.165) is 11.1 Å². The van der Waals surface area contributed by atoms with Gasteiger partial charge in [0.25, 0.3) is 0 Å². The van der Waals surface area contributed by atoms with Crippen LogP contribution in [-0.4, -0.2) is 28.2 Å². The average Bonchev–Trinajstić information content (AvgIpc) is 3.18. The first-order valence-corrected chi connectivity index (χ1v) is 9.28.